The van der Waals surface area contributed by atoms with Crippen LogP contribution < -0.4 is 0 Å². The zero-order valence-electron chi connectivity index (χ0n) is 14.7. The number of benzene rings is 1. The summed E-state index contributed by atoms with van der Waals surface area (Å²) in [5.41, 5.74) is 0.0661. The fraction of sp³-hybridized carbons (Fsp3) is 0.579. The summed E-state index contributed by atoms with van der Waals surface area (Å²) in [4.78, 5) is 24.4. The van der Waals surface area contributed by atoms with Gasteiger partial charge in [0.2, 0.25) is 0 Å². The molecule has 0 aliphatic heterocycles. The standard InChI is InChI=1S/C19H27FO3/c1-13(2)23-16(12-18(22)19(3,4)5)10-11-17(21)14-6-8-15(20)9-7-14/h6-9,13,16H,10-12H2,1-5H3. The fourth-order valence-corrected chi connectivity index (χ4v) is 2.19. The average molecular weight is 322 g/mol. The fourth-order valence-electron chi connectivity index (χ4n) is 2.19. The molecule has 0 amide bonds. The molecule has 0 aromatic heterocycles. The Hall–Kier alpha value is -1.55. The Balaban J connectivity index is 2.65. The van der Waals surface area contributed by atoms with Gasteiger partial charge in [-0.05, 0) is 44.5 Å². The van der Waals surface area contributed by atoms with E-state index in [0.717, 1.165) is 0 Å². The van der Waals surface area contributed by atoms with Crippen LogP contribution in [0.1, 0.15) is 64.2 Å². The second-order valence-electron chi connectivity index (χ2n) is 7.15. The van der Waals surface area contributed by atoms with Gasteiger partial charge in [0.15, 0.2) is 5.78 Å². The molecule has 0 bridgehead atoms. The van der Waals surface area contributed by atoms with E-state index in [9.17, 15) is 14.0 Å². The van der Waals surface area contributed by atoms with Gasteiger partial charge in [-0.2, -0.15) is 0 Å². The number of ketones is 2. The van der Waals surface area contributed by atoms with Crippen molar-refractivity contribution in [3.05, 3.63) is 35.6 Å². The number of carbonyl (C=O) groups excluding carboxylic acids is 2. The molecule has 0 N–H and O–H groups in total. The maximum Gasteiger partial charge on any atom is 0.162 e. The molecular formula is C19H27FO3. The van der Waals surface area contributed by atoms with Crippen molar-refractivity contribution in [1.29, 1.82) is 0 Å². The van der Waals surface area contributed by atoms with Crippen LogP contribution in [0.5, 0.6) is 0 Å². The van der Waals surface area contributed by atoms with Crippen LogP contribution in [0.15, 0.2) is 24.3 Å². The lowest BCUT2D eigenvalue weighted by atomic mass is 9.86. The minimum absolute atomic E-state index is 0.00584. The molecule has 23 heavy (non-hydrogen) atoms. The third-order valence-corrected chi connectivity index (χ3v) is 3.57. The van der Waals surface area contributed by atoms with Crippen LogP contribution in [0.2, 0.25) is 0 Å². The van der Waals surface area contributed by atoms with Crippen LogP contribution in [0.25, 0.3) is 0 Å². The molecule has 0 aliphatic rings. The average Bonchev–Trinajstić information content (AvgIpc) is 2.43. The molecule has 0 saturated heterocycles. The topological polar surface area (TPSA) is 43.4 Å². The van der Waals surface area contributed by atoms with E-state index in [1.54, 1.807) is 0 Å². The van der Waals surface area contributed by atoms with E-state index in [1.807, 2.05) is 34.6 Å². The highest BCUT2D eigenvalue weighted by Crippen LogP contribution is 2.22. The Morgan fingerprint density at radius 3 is 2.17 bits per heavy atom. The first kappa shape index (κ1) is 19.5. The zero-order valence-corrected chi connectivity index (χ0v) is 14.7. The van der Waals surface area contributed by atoms with E-state index >= 15 is 0 Å². The van der Waals surface area contributed by atoms with Gasteiger partial charge >= 0.3 is 0 Å². The number of hydrogen-bond acceptors (Lipinski definition) is 3. The highest BCUT2D eigenvalue weighted by Gasteiger charge is 2.26. The van der Waals surface area contributed by atoms with Crippen LogP contribution >= 0.6 is 0 Å². The quantitative estimate of drug-likeness (QED) is 0.658. The zero-order chi connectivity index (χ0) is 17.6. The molecule has 0 saturated carbocycles. The van der Waals surface area contributed by atoms with Crippen LogP contribution in [-0.2, 0) is 9.53 Å². The van der Waals surface area contributed by atoms with Crippen molar-refractivity contribution in [3.8, 4) is 0 Å². The SMILES string of the molecule is CC(C)OC(CCC(=O)c1ccc(F)cc1)CC(=O)C(C)(C)C. The normalized spacial score (nSPS) is 13.2. The van der Waals surface area contributed by atoms with E-state index in [0.29, 0.717) is 18.4 Å². The van der Waals surface area contributed by atoms with E-state index in [1.165, 1.54) is 24.3 Å². The minimum atomic E-state index is -0.417. The second-order valence-corrected chi connectivity index (χ2v) is 7.15. The largest absolute Gasteiger partial charge is 0.375 e. The molecule has 128 valence electrons. The van der Waals surface area contributed by atoms with Crippen LogP contribution in [0.3, 0.4) is 0 Å². The first-order valence-corrected chi connectivity index (χ1v) is 8.07. The maximum absolute atomic E-state index is 12.9. The number of carbonyl (C=O) groups is 2. The van der Waals surface area contributed by atoms with Gasteiger partial charge in [0.1, 0.15) is 11.6 Å². The molecule has 0 spiro atoms. The van der Waals surface area contributed by atoms with E-state index in [2.05, 4.69) is 0 Å². The predicted octanol–water partition coefficient (Wildman–Crippen LogP) is 4.59. The summed E-state index contributed by atoms with van der Waals surface area (Å²) in [7, 11) is 0. The van der Waals surface area contributed by atoms with E-state index in [4.69, 9.17) is 4.74 Å². The number of hydrogen-bond donors (Lipinski definition) is 0. The lowest BCUT2D eigenvalue weighted by molar-refractivity contribution is -0.130. The van der Waals surface area contributed by atoms with Gasteiger partial charge < -0.3 is 4.74 Å². The van der Waals surface area contributed by atoms with Crippen molar-refractivity contribution in [2.75, 3.05) is 0 Å². The first-order chi connectivity index (χ1) is 10.6. The second kappa shape index (κ2) is 8.34. The summed E-state index contributed by atoms with van der Waals surface area (Å²) in [5, 5.41) is 0. The molecule has 0 radical (unpaired) electrons. The third-order valence-electron chi connectivity index (χ3n) is 3.57. The Bertz CT molecular complexity index is 527. The van der Waals surface area contributed by atoms with Crippen molar-refractivity contribution in [1.82, 2.24) is 0 Å². The van der Waals surface area contributed by atoms with Crippen molar-refractivity contribution >= 4 is 11.6 Å². The number of halogens is 1. The summed E-state index contributed by atoms with van der Waals surface area (Å²) in [5.74, 6) is -0.304. The van der Waals surface area contributed by atoms with Gasteiger partial charge in [-0.25, -0.2) is 4.39 Å². The third kappa shape index (κ3) is 7.04. The van der Waals surface area contributed by atoms with Crippen molar-refractivity contribution in [2.24, 2.45) is 5.41 Å². The molecule has 1 unspecified atom stereocenters. The Morgan fingerprint density at radius 1 is 1.13 bits per heavy atom. The monoisotopic (exact) mass is 322 g/mol. The van der Waals surface area contributed by atoms with E-state index < -0.39 is 5.41 Å². The summed E-state index contributed by atoms with van der Waals surface area (Å²) in [6.45, 7) is 9.47. The Kier molecular flexibility index (Phi) is 7.07. The summed E-state index contributed by atoms with van der Waals surface area (Å²) < 4.78 is 18.7. The smallest absolute Gasteiger partial charge is 0.162 e. The Labute approximate surface area is 138 Å². The van der Waals surface area contributed by atoms with Gasteiger partial charge in [0.05, 0.1) is 12.2 Å². The minimum Gasteiger partial charge on any atom is -0.375 e. The highest BCUT2D eigenvalue weighted by atomic mass is 19.1. The van der Waals surface area contributed by atoms with Gasteiger partial charge in [0, 0.05) is 23.8 Å². The molecule has 1 aromatic rings. The first-order valence-electron chi connectivity index (χ1n) is 8.07. The van der Waals surface area contributed by atoms with Gasteiger partial charge in [0.25, 0.3) is 0 Å². The summed E-state index contributed by atoms with van der Waals surface area (Å²) >= 11 is 0. The molecule has 1 aromatic carbocycles. The molecule has 4 heteroatoms. The van der Waals surface area contributed by atoms with Crippen LogP contribution in [0, 0.1) is 11.2 Å². The maximum atomic E-state index is 12.9. The number of Topliss-reactive ketones (excluding diaryl/α,β-unsaturated/α-hetero) is 2. The van der Waals surface area contributed by atoms with Crippen molar-refractivity contribution in [3.63, 3.8) is 0 Å². The van der Waals surface area contributed by atoms with Crippen molar-refractivity contribution in [2.45, 2.75) is 66.1 Å². The van der Waals surface area contributed by atoms with Crippen LogP contribution in [-0.4, -0.2) is 23.8 Å². The Morgan fingerprint density at radius 2 is 1.70 bits per heavy atom. The summed E-state index contributed by atoms with van der Waals surface area (Å²) in [6, 6.07) is 5.52. The van der Waals surface area contributed by atoms with Crippen molar-refractivity contribution < 1.29 is 18.7 Å². The molecular weight excluding hydrogens is 295 g/mol. The molecule has 1 atom stereocenters. The number of rotatable bonds is 8. The molecule has 1 rings (SSSR count). The van der Waals surface area contributed by atoms with Crippen LogP contribution in [0.4, 0.5) is 4.39 Å². The summed E-state index contributed by atoms with van der Waals surface area (Å²) in [6.07, 6.45) is 0.787. The lowest BCUT2D eigenvalue weighted by Gasteiger charge is -2.24. The van der Waals surface area contributed by atoms with Gasteiger partial charge in [-0.3, -0.25) is 9.59 Å². The van der Waals surface area contributed by atoms with Gasteiger partial charge in [-0.1, -0.05) is 20.8 Å². The molecule has 0 fully saturated rings. The lowest BCUT2D eigenvalue weighted by Crippen LogP contribution is -2.28. The van der Waals surface area contributed by atoms with Gasteiger partial charge in [-0.15, -0.1) is 0 Å². The highest BCUT2D eigenvalue weighted by molar-refractivity contribution is 5.96. The predicted molar refractivity (Wildman–Crippen MR) is 89.1 cm³/mol. The molecule has 0 heterocycles. The van der Waals surface area contributed by atoms with E-state index in [-0.39, 0.29) is 36.0 Å². The molecule has 3 nitrogen and oxygen atoms in total. The number of ether oxygens (including phenoxy) is 1. The molecule has 0 aliphatic carbocycles.